The van der Waals surface area contributed by atoms with Crippen molar-refractivity contribution < 1.29 is 19.6 Å². The van der Waals surface area contributed by atoms with Crippen LogP contribution in [-0.4, -0.2) is 35.2 Å². The number of aliphatic hydroxyl groups excluding tert-OH is 1. The van der Waals surface area contributed by atoms with Crippen LogP contribution in [0.5, 0.6) is 5.75 Å². The fourth-order valence-electron chi connectivity index (χ4n) is 1.76. The highest BCUT2D eigenvalue weighted by molar-refractivity contribution is 5.98. The van der Waals surface area contributed by atoms with Crippen LogP contribution in [0.2, 0.25) is 0 Å². The summed E-state index contributed by atoms with van der Waals surface area (Å²) < 4.78 is 5.00. The third kappa shape index (κ3) is 2.65. The number of hydrogen-bond donors (Lipinski definition) is 2. The molecule has 0 unspecified atom stereocenters. The Balaban J connectivity index is 2.24. The molecule has 19 heavy (non-hydrogen) atoms. The van der Waals surface area contributed by atoms with E-state index in [1.54, 1.807) is 0 Å². The largest absolute Gasteiger partial charge is 0.496 e. The molecule has 0 radical (unpaired) electrons. The van der Waals surface area contributed by atoms with E-state index in [0.29, 0.717) is 0 Å². The molecule has 0 atom stereocenters. The van der Waals surface area contributed by atoms with Crippen LogP contribution < -0.4 is 10.1 Å². The minimum Gasteiger partial charge on any atom is -0.496 e. The number of carbonyl (C=O) groups is 1. The number of carbonyl (C=O) groups excluding carboxylic acids is 1. The van der Waals surface area contributed by atoms with Crippen LogP contribution in [0.1, 0.15) is 23.2 Å². The maximum Gasteiger partial charge on any atom is 0.273 e. The smallest absolute Gasteiger partial charge is 0.273 e. The van der Waals surface area contributed by atoms with Crippen LogP contribution in [-0.2, 0) is 0 Å². The highest BCUT2D eigenvalue weighted by Crippen LogP contribution is 2.35. The van der Waals surface area contributed by atoms with Gasteiger partial charge in [-0.1, -0.05) is 0 Å². The van der Waals surface area contributed by atoms with Crippen LogP contribution >= 0.6 is 0 Å². The number of non-ortho nitro benzene ring substituents is 1. The van der Waals surface area contributed by atoms with E-state index < -0.39 is 16.4 Å². The van der Waals surface area contributed by atoms with Gasteiger partial charge in [0, 0.05) is 6.07 Å². The monoisotopic (exact) mass is 266 g/mol. The van der Waals surface area contributed by atoms with Crippen molar-refractivity contribution >= 4 is 11.6 Å². The first-order valence-corrected chi connectivity index (χ1v) is 5.77. The molecular formula is C12H14N2O5. The first-order valence-electron chi connectivity index (χ1n) is 5.77. The van der Waals surface area contributed by atoms with Gasteiger partial charge >= 0.3 is 0 Å². The molecule has 102 valence electrons. The van der Waals surface area contributed by atoms with Crippen molar-refractivity contribution in [3.8, 4) is 5.75 Å². The van der Waals surface area contributed by atoms with Gasteiger partial charge in [-0.15, -0.1) is 0 Å². The van der Waals surface area contributed by atoms with E-state index in [1.807, 2.05) is 0 Å². The lowest BCUT2D eigenvalue weighted by Crippen LogP contribution is -2.39. The summed E-state index contributed by atoms with van der Waals surface area (Å²) in [4.78, 5) is 22.1. The second kappa shape index (κ2) is 4.85. The van der Waals surface area contributed by atoms with Crippen molar-refractivity contribution in [2.45, 2.75) is 18.4 Å². The summed E-state index contributed by atoms with van der Waals surface area (Å²) in [6.45, 7) is -0.117. The van der Waals surface area contributed by atoms with Crippen LogP contribution in [0.25, 0.3) is 0 Å². The van der Waals surface area contributed by atoms with Crippen LogP contribution in [0.4, 0.5) is 5.69 Å². The highest BCUT2D eigenvalue weighted by atomic mass is 16.6. The van der Waals surface area contributed by atoms with Gasteiger partial charge in [0.25, 0.3) is 11.6 Å². The van der Waals surface area contributed by atoms with Crippen molar-refractivity contribution in [1.82, 2.24) is 5.32 Å². The molecule has 1 aromatic carbocycles. The second-order valence-corrected chi connectivity index (χ2v) is 4.53. The SMILES string of the molecule is COc1cc([N+](=O)[O-])ccc1C(=O)NC1(CO)CC1. The molecule has 0 spiro atoms. The Morgan fingerprint density at radius 2 is 2.26 bits per heavy atom. The molecule has 1 aliphatic carbocycles. The van der Waals surface area contributed by atoms with Crippen LogP contribution in [0.3, 0.4) is 0 Å². The van der Waals surface area contributed by atoms with Gasteiger partial charge in [0.1, 0.15) is 5.75 Å². The summed E-state index contributed by atoms with van der Waals surface area (Å²) in [5.74, 6) is -0.265. The predicted molar refractivity (Wildman–Crippen MR) is 66.2 cm³/mol. The number of nitrogens with zero attached hydrogens (tertiary/aromatic N) is 1. The number of nitro groups is 1. The molecule has 2 N–H and O–H groups in total. The Kier molecular flexibility index (Phi) is 3.39. The number of nitrogens with one attached hydrogen (secondary N) is 1. The van der Waals surface area contributed by atoms with Crippen molar-refractivity contribution in [3.05, 3.63) is 33.9 Å². The van der Waals surface area contributed by atoms with Crippen LogP contribution in [0, 0.1) is 10.1 Å². The summed E-state index contributed by atoms with van der Waals surface area (Å²) >= 11 is 0. The molecule has 7 heteroatoms. The minimum absolute atomic E-state index is 0.117. The molecule has 1 fully saturated rings. The number of ether oxygens (including phenoxy) is 1. The van der Waals surface area contributed by atoms with Gasteiger partial charge in [-0.25, -0.2) is 0 Å². The lowest BCUT2D eigenvalue weighted by molar-refractivity contribution is -0.384. The normalized spacial score (nSPS) is 15.7. The van der Waals surface area contributed by atoms with E-state index in [9.17, 15) is 14.9 Å². The van der Waals surface area contributed by atoms with E-state index in [0.717, 1.165) is 12.8 Å². The fourth-order valence-corrected chi connectivity index (χ4v) is 1.76. The van der Waals surface area contributed by atoms with E-state index in [-0.39, 0.29) is 23.6 Å². The van der Waals surface area contributed by atoms with Crippen molar-refractivity contribution in [2.75, 3.05) is 13.7 Å². The van der Waals surface area contributed by atoms with Gasteiger partial charge in [-0.05, 0) is 18.9 Å². The molecular weight excluding hydrogens is 252 g/mol. The van der Waals surface area contributed by atoms with Crippen molar-refractivity contribution in [1.29, 1.82) is 0 Å². The first-order chi connectivity index (χ1) is 9.01. The molecule has 0 aliphatic heterocycles. The molecule has 0 bridgehead atoms. The molecule has 1 aliphatic rings. The van der Waals surface area contributed by atoms with E-state index in [1.165, 1.54) is 25.3 Å². The van der Waals surface area contributed by atoms with Gasteiger partial charge in [0.15, 0.2) is 0 Å². The quantitative estimate of drug-likeness (QED) is 0.608. The Hall–Kier alpha value is -2.15. The first kappa shape index (κ1) is 13.3. The third-order valence-electron chi connectivity index (χ3n) is 3.18. The van der Waals surface area contributed by atoms with Gasteiger partial charge in [0.05, 0.1) is 35.8 Å². The maximum atomic E-state index is 12.0. The van der Waals surface area contributed by atoms with E-state index >= 15 is 0 Å². The molecule has 0 aromatic heterocycles. The Morgan fingerprint density at radius 3 is 2.74 bits per heavy atom. The molecule has 7 nitrogen and oxygen atoms in total. The number of benzene rings is 1. The number of aliphatic hydroxyl groups is 1. The average Bonchev–Trinajstić information content (AvgIpc) is 3.18. The second-order valence-electron chi connectivity index (χ2n) is 4.53. The van der Waals surface area contributed by atoms with E-state index in [4.69, 9.17) is 9.84 Å². The van der Waals surface area contributed by atoms with Gasteiger partial charge in [0.2, 0.25) is 0 Å². The highest BCUT2D eigenvalue weighted by Gasteiger charge is 2.43. The Morgan fingerprint density at radius 1 is 1.58 bits per heavy atom. The van der Waals surface area contributed by atoms with Crippen molar-refractivity contribution in [2.24, 2.45) is 0 Å². The Bertz CT molecular complexity index is 525. The van der Waals surface area contributed by atoms with Gasteiger partial charge in [-0.3, -0.25) is 14.9 Å². The van der Waals surface area contributed by atoms with Crippen LogP contribution in [0.15, 0.2) is 18.2 Å². The fraction of sp³-hybridized carbons (Fsp3) is 0.417. The maximum absolute atomic E-state index is 12.0. The third-order valence-corrected chi connectivity index (χ3v) is 3.18. The average molecular weight is 266 g/mol. The topological polar surface area (TPSA) is 102 Å². The zero-order valence-electron chi connectivity index (χ0n) is 10.4. The molecule has 1 aromatic rings. The molecule has 1 amide bonds. The van der Waals surface area contributed by atoms with Gasteiger partial charge < -0.3 is 15.2 Å². The molecule has 0 saturated heterocycles. The predicted octanol–water partition coefficient (Wildman–Crippen LogP) is 0.858. The summed E-state index contributed by atoms with van der Waals surface area (Å²) in [5.41, 5.74) is -0.464. The number of hydrogen-bond acceptors (Lipinski definition) is 5. The van der Waals surface area contributed by atoms with Crippen molar-refractivity contribution in [3.63, 3.8) is 0 Å². The number of amides is 1. The summed E-state index contributed by atoms with van der Waals surface area (Å²) in [6.07, 6.45) is 1.45. The lowest BCUT2D eigenvalue weighted by Gasteiger charge is -2.15. The summed E-state index contributed by atoms with van der Waals surface area (Å²) in [6, 6.07) is 3.79. The van der Waals surface area contributed by atoms with E-state index in [2.05, 4.69) is 5.32 Å². The Labute approximate surface area is 109 Å². The standard InChI is InChI=1S/C12H14N2O5/c1-19-10-6-8(14(17)18)2-3-9(10)11(16)13-12(7-15)4-5-12/h2-3,6,15H,4-5,7H2,1H3,(H,13,16). The molecule has 0 heterocycles. The molecule has 2 rings (SSSR count). The minimum atomic E-state index is -0.555. The lowest BCUT2D eigenvalue weighted by atomic mass is 10.1. The zero-order valence-corrected chi connectivity index (χ0v) is 10.4. The number of nitro benzene ring substituents is 1. The molecule has 1 saturated carbocycles. The number of methoxy groups -OCH3 is 1. The summed E-state index contributed by atoms with van der Waals surface area (Å²) in [7, 11) is 1.34. The summed E-state index contributed by atoms with van der Waals surface area (Å²) in [5, 5.41) is 22.5. The van der Waals surface area contributed by atoms with Gasteiger partial charge in [-0.2, -0.15) is 0 Å². The zero-order chi connectivity index (χ0) is 14.0. The number of rotatable bonds is 5.